The Labute approximate surface area is 159 Å². The number of thioether (sulfide) groups is 1. The van der Waals surface area contributed by atoms with Gasteiger partial charge < -0.3 is 15.0 Å². The van der Waals surface area contributed by atoms with Crippen LogP contribution < -0.4 is 15.6 Å². The lowest BCUT2D eigenvalue weighted by molar-refractivity contribution is -0.385. The average molecular weight is 392 g/mol. The lowest BCUT2D eigenvalue weighted by Crippen LogP contribution is -2.16. The van der Waals surface area contributed by atoms with Crippen molar-refractivity contribution in [2.75, 3.05) is 18.2 Å². The van der Waals surface area contributed by atoms with Crippen LogP contribution in [0, 0.1) is 17.0 Å². The molecule has 9 nitrogen and oxygen atoms in total. The summed E-state index contributed by atoms with van der Waals surface area (Å²) in [6.45, 7) is 3.65. The van der Waals surface area contributed by atoms with E-state index >= 15 is 0 Å². The lowest BCUT2D eigenvalue weighted by atomic mass is 10.1. The normalized spacial score (nSPS) is 10.5. The van der Waals surface area contributed by atoms with E-state index in [0.717, 1.165) is 18.2 Å². The van der Waals surface area contributed by atoms with Crippen molar-refractivity contribution in [1.82, 2.24) is 9.97 Å². The number of carbonyl (C=O) groups is 1. The summed E-state index contributed by atoms with van der Waals surface area (Å²) in [5.74, 6) is -0.244. The van der Waals surface area contributed by atoms with Gasteiger partial charge >= 0.3 is 5.69 Å². The molecule has 2 N–H and O–H groups in total. The van der Waals surface area contributed by atoms with Crippen molar-refractivity contribution >= 4 is 29.0 Å². The maximum absolute atomic E-state index is 12.2. The molecule has 0 spiro atoms. The SMILES string of the molecule is CCCc1cc(=O)[nH]c(SCC(=O)Nc2cc(OC)c([N+](=O)[O-])cc2C)n1. The van der Waals surface area contributed by atoms with E-state index in [-0.39, 0.29) is 28.7 Å². The summed E-state index contributed by atoms with van der Waals surface area (Å²) < 4.78 is 5.01. The fourth-order valence-electron chi connectivity index (χ4n) is 2.37. The summed E-state index contributed by atoms with van der Waals surface area (Å²) >= 11 is 1.11. The summed E-state index contributed by atoms with van der Waals surface area (Å²) in [4.78, 5) is 41.3. The second kappa shape index (κ2) is 9.17. The molecule has 0 aliphatic carbocycles. The third kappa shape index (κ3) is 5.55. The highest BCUT2D eigenvalue weighted by Crippen LogP contribution is 2.32. The fraction of sp³-hybridized carbons (Fsp3) is 0.353. The maximum Gasteiger partial charge on any atom is 0.311 e. The van der Waals surface area contributed by atoms with Crippen LogP contribution in [0.15, 0.2) is 28.2 Å². The highest BCUT2D eigenvalue weighted by atomic mass is 32.2. The number of methoxy groups -OCH3 is 1. The number of hydrogen-bond donors (Lipinski definition) is 2. The minimum atomic E-state index is -0.543. The maximum atomic E-state index is 12.2. The molecule has 10 heteroatoms. The number of amides is 1. The molecule has 2 rings (SSSR count). The summed E-state index contributed by atoms with van der Waals surface area (Å²) in [5.41, 5.74) is 1.21. The standard InChI is InChI=1S/C17H20N4O5S/c1-4-5-11-7-15(22)20-17(18-11)27-9-16(23)19-12-8-14(26-3)13(21(24)25)6-10(12)2/h6-8H,4-5,9H2,1-3H3,(H,19,23)(H,18,20,22). The average Bonchev–Trinajstić information content (AvgIpc) is 2.61. The Kier molecular flexibility index (Phi) is 6.94. The van der Waals surface area contributed by atoms with Crippen molar-refractivity contribution in [1.29, 1.82) is 0 Å². The third-order valence-corrected chi connectivity index (χ3v) is 4.49. The predicted octanol–water partition coefficient (Wildman–Crippen LogP) is 2.68. The van der Waals surface area contributed by atoms with Gasteiger partial charge in [0.1, 0.15) is 0 Å². The van der Waals surface area contributed by atoms with Crippen LogP contribution >= 0.6 is 11.8 Å². The first-order chi connectivity index (χ1) is 12.8. The second-order valence-electron chi connectivity index (χ2n) is 5.72. The van der Waals surface area contributed by atoms with Crippen LogP contribution in [0.3, 0.4) is 0 Å². The number of nitrogens with one attached hydrogen (secondary N) is 2. The quantitative estimate of drug-likeness (QED) is 0.306. The van der Waals surface area contributed by atoms with Crippen LogP contribution in [0.5, 0.6) is 5.75 Å². The molecular weight excluding hydrogens is 372 g/mol. The Morgan fingerprint density at radius 3 is 2.78 bits per heavy atom. The van der Waals surface area contributed by atoms with Gasteiger partial charge in [0, 0.05) is 29.6 Å². The number of hydrogen-bond acceptors (Lipinski definition) is 7. The van der Waals surface area contributed by atoms with Gasteiger partial charge in [-0.1, -0.05) is 25.1 Å². The number of nitrogens with zero attached hydrogens (tertiary/aromatic N) is 2. The number of nitro groups is 1. The molecule has 1 aromatic heterocycles. The fourth-order valence-corrected chi connectivity index (χ4v) is 3.06. The number of aryl methyl sites for hydroxylation is 2. The van der Waals surface area contributed by atoms with E-state index in [4.69, 9.17) is 4.74 Å². The van der Waals surface area contributed by atoms with Crippen LogP contribution in [0.4, 0.5) is 11.4 Å². The molecule has 0 saturated carbocycles. The number of carbonyl (C=O) groups excluding carboxylic acids is 1. The molecule has 0 bridgehead atoms. The second-order valence-corrected chi connectivity index (χ2v) is 6.69. The summed E-state index contributed by atoms with van der Waals surface area (Å²) in [6.07, 6.45) is 1.55. The zero-order valence-corrected chi connectivity index (χ0v) is 16.0. The number of nitro benzene ring substituents is 1. The molecule has 0 radical (unpaired) electrons. The molecule has 0 aliphatic heterocycles. The van der Waals surface area contributed by atoms with Crippen LogP contribution in [-0.4, -0.2) is 33.7 Å². The van der Waals surface area contributed by atoms with Crippen molar-refractivity contribution < 1.29 is 14.5 Å². The summed E-state index contributed by atoms with van der Waals surface area (Å²) in [5, 5.41) is 14.1. The van der Waals surface area contributed by atoms with E-state index in [1.165, 1.54) is 25.3 Å². The first-order valence-electron chi connectivity index (χ1n) is 8.20. The number of benzene rings is 1. The van der Waals surface area contributed by atoms with Gasteiger partial charge in [-0.25, -0.2) is 4.98 Å². The molecule has 0 fully saturated rings. The van der Waals surface area contributed by atoms with Gasteiger partial charge in [-0.15, -0.1) is 0 Å². The summed E-state index contributed by atoms with van der Waals surface area (Å²) in [6, 6.07) is 4.20. The van der Waals surface area contributed by atoms with Gasteiger partial charge in [0.25, 0.3) is 5.56 Å². The Balaban J connectivity index is 2.08. The topological polar surface area (TPSA) is 127 Å². The number of ether oxygens (including phenoxy) is 1. The molecule has 0 atom stereocenters. The van der Waals surface area contributed by atoms with Gasteiger partial charge in [0.2, 0.25) is 5.91 Å². The number of H-pyrrole nitrogens is 1. The molecular formula is C17H20N4O5S. The minimum absolute atomic E-state index is 0.0251. The van der Waals surface area contributed by atoms with Gasteiger partial charge in [-0.2, -0.15) is 0 Å². The Morgan fingerprint density at radius 1 is 1.41 bits per heavy atom. The molecule has 144 valence electrons. The van der Waals surface area contributed by atoms with Crippen LogP contribution in [0.1, 0.15) is 24.6 Å². The Morgan fingerprint density at radius 2 is 2.15 bits per heavy atom. The molecule has 27 heavy (non-hydrogen) atoms. The monoisotopic (exact) mass is 392 g/mol. The highest BCUT2D eigenvalue weighted by Gasteiger charge is 2.18. The molecule has 0 aliphatic rings. The Hall–Kier alpha value is -2.88. The highest BCUT2D eigenvalue weighted by molar-refractivity contribution is 7.99. The minimum Gasteiger partial charge on any atom is -0.490 e. The van der Waals surface area contributed by atoms with E-state index in [1.54, 1.807) is 6.92 Å². The smallest absolute Gasteiger partial charge is 0.311 e. The zero-order valence-electron chi connectivity index (χ0n) is 15.2. The van der Waals surface area contributed by atoms with Crippen LogP contribution in [0.25, 0.3) is 0 Å². The molecule has 2 aromatic rings. The van der Waals surface area contributed by atoms with Gasteiger partial charge in [0.05, 0.1) is 17.8 Å². The van der Waals surface area contributed by atoms with Crippen molar-refractivity contribution in [2.45, 2.75) is 31.8 Å². The van der Waals surface area contributed by atoms with Gasteiger partial charge in [0.15, 0.2) is 10.9 Å². The number of rotatable bonds is 8. The molecule has 0 saturated heterocycles. The zero-order chi connectivity index (χ0) is 20.0. The molecule has 1 amide bonds. The lowest BCUT2D eigenvalue weighted by Gasteiger charge is -2.10. The van der Waals surface area contributed by atoms with E-state index < -0.39 is 4.92 Å². The van der Waals surface area contributed by atoms with Crippen molar-refractivity contribution in [3.8, 4) is 5.75 Å². The molecule has 1 heterocycles. The number of aromatic nitrogens is 2. The van der Waals surface area contributed by atoms with E-state index in [9.17, 15) is 19.7 Å². The largest absolute Gasteiger partial charge is 0.490 e. The van der Waals surface area contributed by atoms with Crippen LogP contribution in [0.2, 0.25) is 0 Å². The van der Waals surface area contributed by atoms with Crippen LogP contribution in [-0.2, 0) is 11.2 Å². The first-order valence-corrected chi connectivity index (χ1v) is 9.18. The Bertz CT molecular complexity index is 913. The van der Waals surface area contributed by atoms with E-state index in [0.29, 0.717) is 28.5 Å². The molecule has 1 aromatic carbocycles. The van der Waals surface area contributed by atoms with Crippen molar-refractivity contribution in [2.24, 2.45) is 0 Å². The van der Waals surface area contributed by atoms with Gasteiger partial charge in [-0.3, -0.25) is 19.7 Å². The number of aromatic amines is 1. The van der Waals surface area contributed by atoms with E-state index in [2.05, 4.69) is 15.3 Å². The van der Waals surface area contributed by atoms with E-state index in [1.807, 2.05) is 6.92 Å². The number of anilines is 1. The van der Waals surface area contributed by atoms with Gasteiger partial charge in [-0.05, 0) is 18.9 Å². The van der Waals surface area contributed by atoms with Crippen molar-refractivity contribution in [3.05, 3.63) is 49.9 Å². The summed E-state index contributed by atoms with van der Waals surface area (Å²) in [7, 11) is 1.32. The first kappa shape index (κ1) is 20.4. The molecule has 0 unspecified atom stereocenters. The van der Waals surface area contributed by atoms with Crippen molar-refractivity contribution in [3.63, 3.8) is 0 Å². The predicted molar refractivity (Wildman–Crippen MR) is 103 cm³/mol. The third-order valence-electron chi connectivity index (χ3n) is 3.62.